The fourth-order valence-electron chi connectivity index (χ4n) is 4.24. The van der Waals surface area contributed by atoms with Gasteiger partial charge in [-0.1, -0.05) is 12.1 Å². The summed E-state index contributed by atoms with van der Waals surface area (Å²) in [6, 6.07) is 9.53. The summed E-state index contributed by atoms with van der Waals surface area (Å²) in [5.74, 6) is 5.49. The lowest BCUT2D eigenvalue weighted by atomic mass is 9.97. The molecule has 3 rings (SSSR count). The third-order valence-electron chi connectivity index (χ3n) is 5.55. The Kier molecular flexibility index (Phi) is 6.09. The molecule has 6 N–H and O–H groups in total. The zero-order chi connectivity index (χ0) is 18.5. The van der Waals surface area contributed by atoms with E-state index in [2.05, 4.69) is 15.6 Å². The summed E-state index contributed by atoms with van der Waals surface area (Å²) < 4.78 is 13.3. The summed E-state index contributed by atoms with van der Waals surface area (Å²) >= 11 is 0. The Hall–Kier alpha value is -2.14. The van der Waals surface area contributed by atoms with Crippen molar-refractivity contribution < 1.29 is 4.39 Å². The zero-order valence-electron chi connectivity index (χ0n) is 14.9. The molecule has 0 bridgehead atoms. The van der Waals surface area contributed by atoms with Crippen LogP contribution in [0.3, 0.4) is 0 Å². The maximum absolute atomic E-state index is 13.3. The van der Waals surface area contributed by atoms with Crippen LogP contribution in [0.1, 0.15) is 37.2 Å². The van der Waals surface area contributed by atoms with E-state index >= 15 is 0 Å². The minimum Gasteiger partial charge on any atom is -0.384 e. The Morgan fingerprint density at radius 2 is 2.08 bits per heavy atom. The van der Waals surface area contributed by atoms with Crippen LogP contribution in [0.5, 0.6) is 0 Å². The van der Waals surface area contributed by atoms with E-state index in [0.717, 1.165) is 44.3 Å². The van der Waals surface area contributed by atoms with Gasteiger partial charge < -0.3 is 16.5 Å². The van der Waals surface area contributed by atoms with Gasteiger partial charge in [0.15, 0.2) is 0 Å². The van der Waals surface area contributed by atoms with Crippen molar-refractivity contribution in [3.63, 3.8) is 0 Å². The third-order valence-corrected chi connectivity index (χ3v) is 5.55. The van der Waals surface area contributed by atoms with Crippen molar-refractivity contribution in [2.45, 2.75) is 49.7 Å². The molecule has 2 aliphatic rings. The minimum absolute atomic E-state index is 0.187. The van der Waals surface area contributed by atoms with Crippen LogP contribution in [0.15, 0.2) is 36.2 Å². The highest BCUT2D eigenvalue weighted by Crippen LogP contribution is 2.38. The minimum atomic E-state index is -0.212. The standard InChI is InChI=1S/C19H27FN6/c20-15-5-3-13(4-6-15)14-8-18(24-11-17(10-21)25-23)19(9-14)26-7-1-2-16(22)12-26/h3-6,11,14,16,18-19,24-25H,1-2,7-9,12,22-23H2/b17-11-. The van der Waals surface area contributed by atoms with Crippen LogP contribution >= 0.6 is 0 Å². The maximum atomic E-state index is 13.3. The average Bonchev–Trinajstić information content (AvgIpc) is 3.07. The third kappa shape index (κ3) is 4.33. The van der Waals surface area contributed by atoms with E-state index in [1.807, 2.05) is 18.2 Å². The smallest absolute Gasteiger partial charge is 0.143 e. The van der Waals surface area contributed by atoms with Crippen molar-refractivity contribution in [1.82, 2.24) is 15.6 Å². The number of hydrogen-bond donors (Lipinski definition) is 4. The van der Waals surface area contributed by atoms with E-state index in [4.69, 9.17) is 16.8 Å². The molecule has 2 fully saturated rings. The molecule has 6 nitrogen and oxygen atoms in total. The first-order valence-corrected chi connectivity index (χ1v) is 9.18. The topological polar surface area (TPSA) is 103 Å². The number of hydrazine groups is 1. The predicted octanol–water partition coefficient (Wildman–Crippen LogP) is 1.28. The molecule has 7 heteroatoms. The van der Waals surface area contributed by atoms with Gasteiger partial charge in [-0.2, -0.15) is 5.26 Å². The number of benzene rings is 1. The molecule has 1 saturated heterocycles. The van der Waals surface area contributed by atoms with Gasteiger partial charge in [0.1, 0.15) is 17.6 Å². The molecule has 1 aliphatic carbocycles. The lowest BCUT2D eigenvalue weighted by molar-refractivity contribution is 0.135. The van der Waals surface area contributed by atoms with E-state index in [0.29, 0.717) is 17.7 Å². The number of halogens is 1. The number of rotatable bonds is 5. The number of allylic oxidation sites excluding steroid dienone is 1. The van der Waals surface area contributed by atoms with Crippen molar-refractivity contribution in [1.29, 1.82) is 5.26 Å². The first kappa shape index (κ1) is 18.6. The zero-order valence-corrected chi connectivity index (χ0v) is 14.9. The number of hydrogen-bond acceptors (Lipinski definition) is 6. The molecule has 4 unspecified atom stereocenters. The highest BCUT2D eigenvalue weighted by atomic mass is 19.1. The van der Waals surface area contributed by atoms with Crippen molar-refractivity contribution in [3.05, 3.63) is 47.5 Å². The fourth-order valence-corrected chi connectivity index (χ4v) is 4.24. The van der Waals surface area contributed by atoms with Crippen LogP contribution in [-0.4, -0.2) is 36.1 Å². The van der Waals surface area contributed by atoms with Crippen LogP contribution < -0.4 is 22.3 Å². The fraction of sp³-hybridized carbons (Fsp3) is 0.526. The lowest BCUT2D eigenvalue weighted by Gasteiger charge is -2.38. The maximum Gasteiger partial charge on any atom is 0.143 e. The number of nitrogens with two attached hydrogens (primary N) is 2. The Bertz CT molecular complexity index is 668. The highest BCUT2D eigenvalue weighted by molar-refractivity contribution is 5.24. The Labute approximate surface area is 154 Å². The average molecular weight is 358 g/mol. The van der Waals surface area contributed by atoms with Crippen LogP contribution in [0.4, 0.5) is 4.39 Å². The molecule has 0 aromatic heterocycles. The van der Waals surface area contributed by atoms with Gasteiger partial charge in [-0.15, -0.1) is 0 Å². The summed E-state index contributed by atoms with van der Waals surface area (Å²) in [5, 5.41) is 12.4. The number of piperidine rings is 1. The largest absolute Gasteiger partial charge is 0.384 e. The van der Waals surface area contributed by atoms with Gasteiger partial charge in [0.2, 0.25) is 0 Å². The Balaban J connectivity index is 1.77. The van der Waals surface area contributed by atoms with Crippen LogP contribution in [0.25, 0.3) is 0 Å². The van der Waals surface area contributed by atoms with E-state index < -0.39 is 0 Å². The highest BCUT2D eigenvalue weighted by Gasteiger charge is 2.39. The summed E-state index contributed by atoms with van der Waals surface area (Å²) in [6.45, 7) is 1.93. The van der Waals surface area contributed by atoms with Crippen LogP contribution in [-0.2, 0) is 0 Å². The molecule has 4 atom stereocenters. The summed E-state index contributed by atoms with van der Waals surface area (Å²) in [6.07, 6.45) is 5.73. The molecule has 140 valence electrons. The second kappa shape index (κ2) is 8.49. The van der Waals surface area contributed by atoms with E-state index in [9.17, 15) is 4.39 Å². The first-order chi connectivity index (χ1) is 12.6. The summed E-state index contributed by atoms with van der Waals surface area (Å²) in [5.41, 5.74) is 10.0. The van der Waals surface area contributed by atoms with E-state index in [1.54, 1.807) is 6.20 Å². The second-order valence-corrected chi connectivity index (χ2v) is 7.27. The van der Waals surface area contributed by atoms with Crippen LogP contribution in [0.2, 0.25) is 0 Å². The Morgan fingerprint density at radius 3 is 2.73 bits per heavy atom. The van der Waals surface area contributed by atoms with Gasteiger partial charge in [-0.05, 0) is 55.8 Å². The molecule has 1 aromatic rings. The molecule has 1 saturated carbocycles. The van der Waals surface area contributed by atoms with E-state index in [-0.39, 0.29) is 17.9 Å². The predicted molar refractivity (Wildman–Crippen MR) is 98.9 cm³/mol. The lowest BCUT2D eigenvalue weighted by Crippen LogP contribution is -2.52. The molecule has 1 heterocycles. The molecule has 0 radical (unpaired) electrons. The normalized spacial score (nSPS) is 30.0. The molecule has 26 heavy (non-hydrogen) atoms. The molecule has 0 spiro atoms. The summed E-state index contributed by atoms with van der Waals surface area (Å²) in [7, 11) is 0. The van der Waals surface area contributed by atoms with E-state index in [1.165, 1.54) is 12.1 Å². The van der Waals surface area contributed by atoms with Gasteiger partial charge in [-0.25, -0.2) is 10.2 Å². The first-order valence-electron chi connectivity index (χ1n) is 9.18. The summed E-state index contributed by atoms with van der Waals surface area (Å²) in [4.78, 5) is 2.46. The van der Waals surface area contributed by atoms with Gasteiger partial charge in [0.25, 0.3) is 0 Å². The number of nitrogens with zero attached hydrogens (tertiary/aromatic N) is 2. The molecule has 0 amide bonds. The molecule has 1 aliphatic heterocycles. The molecular weight excluding hydrogens is 331 g/mol. The SMILES string of the molecule is N#C/C(=C/NC1CC(c2ccc(F)cc2)CC1N1CCCC(N)C1)NN. The van der Waals surface area contributed by atoms with Crippen LogP contribution in [0, 0.1) is 17.1 Å². The van der Waals surface area contributed by atoms with Gasteiger partial charge >= 0.3 is 0 Å². The quantitative estimate of drug-likeness (QED) is 0.359. The van der Waals surface area contributed by atoms with Gasteiger partial charge in [-0.3, -0.25) is 4.90 Å². The van der Waals surface area contributed by atoms with Gasteiger partial charge in [0.05, 0.1) is 0 Å². The van der Waals surface area contributed by atoms with Crippen molar-refractivity contribution in [3.8, 4) is 6.07 Å². The van der Waals surface area contributed by atoms with Crippen molar-refractivity contribution in [2.24, 2.45) is 11.6 Å². The second-order valence-electron chi connectivity index (χ2n) is 7.27. The number of nitriles is 1. The van der Waals surface area contributed by atoms with Gasteiger partial charge in [0, 0.05) is 30.9 Å². The Morgan fingerprint density at radius 1 is 1.31 bits per heavy atom. The monoisotopic (exact) mass is 358 g/mol. The molecule has 1 aromatic carbocycles. The van der Waals surface area contributed by atoms with Crippen molar-refractivity contribution in [2.75, 3.05) is 13.1 Å². The van der Waals surface area contributed by atoms with Crippen molar-refractivity contribution >= 4 is 0 Å². The number of likely N-dealkylation sites (tertiary alicyclic amines) is 1. The molecular formula is C19H27FN6. The number of nitrogens with one attached hydrogen (secondary N) is 2.